The van der Waals surface area contributed by atoms with Gasteiger partial charge in [-0.2, -0.15) is 13.2 Å². The first-order chi connectivity index (χ1) is 13.6. The van der Waals surface area contributed by atoms with Crippen LogP contribution in [0, 0.1) is 12.8 Å². The maximum Gasteiger partial charge on any atom is 0.416 e. The van der Waals surface area contributed by atoms with Crippen molar-refractivity contribution in [2.24, 2.45) is 5.92 Å². The Morgan fingerprint density at radius 1 is 1.14 bits per heavy atom. The number of rotatable bonds is 5. The van der Waals surface area contributed by atoms with Gasteiger partial charge in [0.2, 0.25) is 5.91 Å². The molecule has 1 aromatic carbocycles. The molecular formula is C22H24F3N3O. The second-order valence-corrected chi connectivity index (χ2v) is 7.76. The monoisotopic (exact) mass is 403 g/mol. The summed E-state index contributed by atoms with van der Waals surface area (Å²) in [6.45, 7) is 6.23. The average Bonchev–Trinajstić information content (AvgIpc) is 2.98. The Labute approximate surface area is 168 Å². The van der Waals surface area contributed by atoms with E-state index in [1.54, 1.807) is 11.9 Å². The van der Waals surface area contributed by atoms with Crippen LogP contribution in [-0.2, 0) is 17.5 Å². The zero-order valence-electron chi connectivity index (χ0n) is 16.9. The summed E-state index contributed by atoms with van der Waals surface area (Å²) >= 11 is 0. The van der Waals surface area contributed by atoms with Gasteiger partial charge in [0, 0.05) is 25.2 Å². The van der Waals surface area contributed by atoms with Crippen LogP contribution in [0.2, 0.25) is 0 Å². The summed E-state index contributed by atoms with van der Waals surface area (Å²) in [5.74, 6) is 0.254. The molecule has 0 unspecified atom stereocenters. The molecule has 0 saturated heterocycles. The molecule has 0 saturated carbocycles. The first-order valence-electron chi connectivity index (χ1n) is 9.45. The first kappa shape index (κ1) is 20.9. The van der Waals surface area contributed by atoms with Crippen LogP contribution >= 0.6 is 0 Å². The lowest BCUT2D eigenvalue weighted by Crippen LogP contribution is -2.28. The summed E-state index contributed by atoms with van der Waals surface area (Å²) in [6, 6.07) is 8.76. The number of aryl methyl sites for hydroxylation is 1. The summed E-state index contributed by atoms with van der Waals surface area (Å²) in [4.78, 5) is 18.7. The first-order valence-corrected chi connectivity index (χ1v) is 9.45. The van der Waals surface area contributed by atoms with Gasteiger partial charge in [-0.1, -0.05) is 32.0 Å². The Balaban J connectivity index is 2.05. The van der Waals surface area contributed by atoms with Gasteiger partial charge in [-0.3, -0.25) is 4.79 Å². The molecule has 2 aromatic heterocycles. The number of pyridine rings is 1. The molecular weight excluding hydrogens is 379 g/mol. The van der Waals surface area contributed by atoms with E-state index < -0.39 is 11.7 Å². The van der Waals surface area contributed by atoms with E-state index in [-0.39, 0.29) is 11.8 Å². The molecule has 3 aromatic rings. The van der Waals surface area contributed by atoms with Crippen molar-refractivity contribution in [3.05, 3.63) is 59.4 Å². The Bertz CT molecular complexity index is 1020. The topological polar surface area (TPSA) is 37.6 Å². The number of aromatic nitrogens is 2. The fourth-order valence-electron chi connectivity index (χ4n) is 3.22. The number of carbonyl (C=O) groups excluding carboxylic acids is 1. The van der Waals surface area contributed by atoms with Gasteiger partial charge >= 0.3 is 6.18 Å². The molecule has 0 fully saturated rings. The van der Waals surface area contributed by atoms with Crippen molar-refractivity contribution in [2.45, 2.75) is 39.9 Å². The van der Waals surface area contributed by atoms with E-state index in [4.69, 9.17) is 0 Å². The molecule has 154 valence electrons. The van der Waals surface area contributed by atoms with E-state index in [1.165, 1.54) is 12.1 Å². The van der Waals surface area contributed by atoms with Crippen molar-refractivity contribution in [2.75, 3.05) is 7.05 Å². The zero-order chi connectivity index (χ0) is 21.3. The predicted molar refractivity (Wildman–Crippen MR) is 106 cm³/mol. The molecule has 0 atom stereocenters. The molecule has 0 radical (unpaired) electrons. The van der Waals surface area contributed by atoms with Crippen molar-refractivity contribution >= 4 is 11.6 Å². The molecule has 7 heteroatoms. The number of amides is 1. The molecule has 4 nitrogen and oxygen atoms in total. The van der Waals surface area contributed by atoms with Crippen LogP contribution in [0.25, 0.3) is 16.9 Å². The number of alkyl halides is 3. The lowest BCUT2D eigenvalue weighted by molar-refractivity contribution is -0.137. The Hall–Kier alpha value is -2.83. The van der Waals surface area contributed by atoms with Gasteiger partial charge in [-0.05, 0) is 36.6 Å². The zero-order valence-corrected chi connectivity index (χ0v) is 16.9. The number of imidazole rings is 1. The van der Waals surface area contributed by atoms with E-state index in [0.29, 0.717) is 29.9 Å². The van der Waals surface area contributed by atoms with E-state index in [9.17, 15) is 18.0 Å². The van der Waals surface area contributed by atoms with Gasteiger partial charge in [0.15, 0.2) is 0 Å². The van der Waals surface area contributed by atoms with Gasteiger partial charge in [-0.25, -0.2) is 4.98 Å². The van der Waals surface area contributed by atoms with E-state index >= 15 is 0 Å². The summed E-state index contributed by atoms with van der Waals surface area (Å²) in [6.07, 6.45) is -2.03. The average molecular weight is 403 g/mol. The lowest BCUT2D eigenvalue weighted by Gasteiger charge is -2.19. The summed E-state index contributed by atoms with van der Waals surface area (Å²) in [5.41, 5.74) is 2.93. The molecule has 0 aliphatic heterocycles. The number of nitrogens with zero attached hydrogens (tertiary/aromatic N) is 3. The lowest BCUT2D eigenvalue weighted by atomic mass is 10.1. The number of halogens is 3. The quantitative estimate of drug-likeness (QED) is 0.577. The third-order valence-corrected chi connectivity index (χ3v) is 4.75. The van der Waals surface area contributed by atoms with Gasteiger partial charge in [0.05, 0.1) is 23.5 Å². The van der Waals surface area contributed by atoms with E-state index in [1.807, 2.05) is 43.5 Å². The second kappa shape index (κ2) is 7.89. The minimum atomic E-state index is -4.39. The number of hydrogen-bond acceptors (Lipinski definition) is 2. The SMILES string of the molecule is Cc1ccc2nc(-c3ccc(C(F)(F)F)cc3)c(CN(C)C(=O)CC(C)C)n2c1. The van der Waals surface area contributed by atoms with E-state index in [2.05, 4.69) is 4.98 Å². The normalized spacial score (nSPS) is 12.0. The van der Waals surface area contributed by atoms with Crippen molar-refractivity contribution in [3.8, 4) is 11.3 Å². The fourth-order valence-corrected chi connectivity index (χ4v) is 3.22. The molecule has 29 heavy (non-hydrogen) atoms. The number of fused-ring (bicyclic) bond motifs is 1. The summed E-state index contributed by atoms with van der Waals surface area (Å²) in [7, 11) is 1.73. The predicted octanol–water partition coefficient (Wildman–Crippen LogP) is 5.33. The maximum atomic E-state index is 12.9. The Morgan fingerprint density at radius 2 is 1.79 bits per heavy atom. The molecule has 0 aliphatic rings. The van der Waals surface area contributed by atoms with Crippen LogP contribution in [0.4, 0.5) is 13.2 Å². The van der Waals surface area contributed by atoms with Crippen LogP contribution in [0.1, 0.15) is 37.1 Å². The van der Waals surface area contributed by atoms with Crippen LogP contribution in [-0.4, -0.2) is 27.2 Å². The highest BCUT2D eigenvalue weighted by molar-refractivity contribution is 5.76. The number of carbonyl (C=O) groups is 1. The summed E-state index contributed by atoms with van der Waals surface area (Å²) < 4.78 is 40.6. The van der Waals surface area contributed by atoms with Crippen LogP contribution in [0.15, 0.2) is 42.6 Å². The van der Waals surface area contributed by atoms with Gasteiger partial charge in [0.1, 0.15) is 5.65 Å². The highest BCUT2D eigenvalue weighted by atomic mass is 19.4. The third kappa shape index (κ3) is 4.60. The van der Waals surface area contributed by atoms with Crippen molar-refractivity contribution in [3.63, 3.8) is 0 Å². The minimum absolute atomic E-state index is 0.0148. The maximum absolute atomic E-state index is 12.9. The van der Waals surface area contributed by atoms with Crippen LogP contribution in [0.3, 0.4) is 0 Å². The van der Waals surface area contributed by atoms with Crippen LogP contribution in [0.5, 0.6) is 0 Å². The highest BCUT2D eigenvalue weighted by Gasteiger charge is 2.30. The molecule has 0 N–H and O–H groups in total. The van der Waals surface area contributed by atoms with E-state index in [0.717, 1.165) is 23.4 Å². The standard InChI is InChI=1S/C22H24F3N3O/c1-14(2)11-20(29)27(4)13-18-21(26-19-10-5-15(3)12-28(18)19)16-6-8-17(9-7-16)22(23,24)25/h5-10,12,14H,11,13H2,1-4H3. The minimum Gasteiger partial charge on any atom is -0.340 e. The molecule has 0 aliphatic carbocycles. The van der Waals surface area contributed by atoms with Crippen molar-refractivity contribution < 1.29 is 18.0 Å². The largest absolute Gasteiger partial charge is 0.416 e. The fraction of sp³-hybridized carbons (Fsp3) is 0.364. The van der Waals surface area contributed by atoms with Gasteiger partial charge in [0.25, 0.3) is 0 Å². The third-order valence-electron chi connectivity index (χ3n) is 4.75. The molecule has 0 bridgehead atoms. The number of benzene rings is 1. The molecule has 0 spiro atoms. The molecule has 3 rings (SSSR count). The smallest absolute Gasteiger partial charge is 0.340 e. The van der Waals surface area contributed by atoms with Gasteiger partial charge < -0.3 is 9.30 Å². The van der Waals surface area contributed by atoms with Gasteiger partial charge in [-0.15, -0.1) is 0 Å². The summed E-state index contributed by atoms with van der Waals surface area (Å²) in [5, 5.41) is 0. The van der Waals surface area contributed by atoms with Crippen molar-refractivity contribution in [1.82, 2.24) is 14.3 Å². The Morgan fingerprint density at radius 3 is 2.38 bits per heavy atom. The second-order valence-electron chi connectivity index (χ2n) is 7.76. The molecule has 1 amide bonds. The Kier molecular flexibility index (Phi) is 5.68. The van der Waals surface area contributed by atoms with Crippen molar-refractivity contribution in [1.29, 1.82) is 0 Å². The van der Waals surface area contributed by atoms with Crippen LogP contribution < -0.4 is 0 Å². The number of hydrogen-bond donors (Lipinski definition) is 0. The molecule has 2 heterocycles. The highest BCUT2D eigenvalue weighted by Crippen LogP contribution is 2.32.